The molecule has 0 aliphatic heterocycles. The minimum absolute atomic E-state index is 0.412. The molecule has 0 aliphatic carbocycles. The van der Waals surface area contributed by atoms with Gasteiger partial charge in [-0.1, -0.05) is 34.8 Å². The molecule has 1 heterocycles. The second kappa shape index (κ2) is 7.28. The van der Waals surface area contributed by atoms with Crippen molar-refractivity contribution in [3.05, 3.63) is 43.1 Å². The number of nitriles is 1. The van der Waals surface area contributed by atoms with Gasteiger partial charge in [0.1, 0.15) is 26.3 Å². The van der Waals surface area contributed by atoms with Crippen molar-refractivity contribution in [2.75, 3.05) is 0 Å². The van der Waals surface area contributed by atoms with Crippen molar-refractivity contribution in [3.63, 3.8) is 0 Å². The predicted molar refractivity (Wildman–Crippen MR) is 91.5 cm³/mol. The Morgan fingerprint density at radius 2 is 1.50 bits per heavy atom. The van der Waals surface area contributed by atoms with Crippen LogP contribution in [0.25, 0.3) is 5.69 Å². The third-order valence-electron chi connectivity index (χ3n) is 3.27. The Morgan fingerprint density at radius 1 is 1.04 bits per heavy atom. The highest BCUT2D eigenvalue weighted by atomic mass is 79.9. The first-order chi connectivity index (χ1) is 12.6. The quantitative estimate of drug-likeness (QED) is 0.408. The maximum Gasteiger partial charge on any atom is 0.502 e. The second-order valence-electron chi connectivity index (χ2n) is 4.97. The minimum Gasteiger partial charge on any atom is -0.289 e. The van der Waals surface area contributed by atoms with Crippen LogP contribution in [0, 0.1) is 11.3 Å². The lowest BCUT2D eigenvalue weighted by Gasteiger charge is -2.15. The predicted octanol–water partition coefficient (Wildman–Crippen LogP) is 6.38. The normalized spacial score (nSPS) is 12.9. The summed E-state index contributed by atoms with van der Waals surface area (Å²) in [4.78, 5) is -1.53. The SMILES string of the molecule is N#Cc1c(S(=O)(=O)C(F)(F)F)c(Br)n(-c2c(Cl)cc(C(F)(F)F)cc2Cl)c1Cl. The van der Waals surface area contributed by atoms with Crippen LogP contribution in [0.5, 0.6) is 0 Å². The highest BCUT2D eigenvalue weighted by molar-refractivity contribution is 9.10. The van der Waals surface area contributed by atoms with E-state index in [1.165, 1.54) is 6.07 Å². The average Bonchev–Trinajstić information content (AvgIpc) is 2.76. The topological polar surface area (TPSA) is 62.9 Å². The van der Waals surface area contributed by atoms with E-state index in [1.54, 1.807) is 0 Å². The summed E-state index contributed by atoms with van der Waals surface area (Å²) in [5.41, 5.74) is -8.72. The largest absolute Gasteiger partial charge is 0.502 e. The van der Waals surface area contributed by atoms with E-state index in [0.717, 1.165) is 0 Å². The molecule has 0 amide bonds. The van der Waals surface area contributed by atoms with Gasteiger partial charge < -0.3 is 0 Å². The van der Waals surface area contributed by atoms with E-state index in [-0.39, 0.29) is 0 Å². The Balaban J connectivity index is 2.94. The number of benzene rings is 1. The fourth-order valence-corrected chi connectivity index (χ4v) is 5.36. The van der Waals surface area contributed by atoms with Gasteiger partial charge in [0.2, 0.25) is 0 Å². The summed E-state index contributed by atoms with van der Waals surface area (Å²) in [6, 6.07) is 2.04. The van der Waals surface area contributed by atoms with Gasteiger partial charge in [-0.05, 0) is 28.1 Å². The lowest BCUT2D eigenvalue weighted by Crippen LogP contribution is -2.24. The molecule has 0 N–H and O–H groups in total. The van der Waals surface area contributed by atoms with E-state index < -0.39 is 63.0 Å². The van der Waals surface area contributed by atoms with Gasteiger partial charge in [0, 0.05) is 0 Å². The molecular formula is C13H2BrCl3F6N2O2S. The summed E-state index contributed by atoms with van der Waals surface area (Å²) in [6.07, 6.45) is -4.84. The van der Waals surface area contributed by atoms with Gasteiger partial charge >= 0.3 is 11.7 Å². The Morgan fingerprint density at radius 3 is 1.86 bits per heavy atom. The van der Waals surface area contributed by atoms with Gasteiger partial charge in [0.15, 0.2) is 0 Å². The monoisotopic (exact) mass is 548 g/mol. The Bertz CT molecular complexity index is 1100. The van der Waals surface area contributed by atoms with Gasteiger partial charge in [0.25, 0.3) is 9.84 Å². The van der Waals surface area contributed by atoms with E-state index in [0.29, 0.717) is 16.7 Å². The summed E-state index contributed by atoms with van der Waals surface area (Å²) in [6.45, 7) is 0. The summed E-state index contributed by atoms with van der Waals surface area (Å²) in [7, 11) is -6.06. The maximum atomic E-state index is 13.0. The number of hydrogen-bond acceptors (Lipinski definition) is 3. The van der Waals surface area contributed by atoms with E-state index in [4.69, 9.17) is 40.1 Å². The number of hydrogen-bond donors (Lipinski definition) is 0. The van der Waals surface area contributed by atoms with Crippen LogP contribution in [0.4, 0.5) is 26.3 Å². The maximum absolute atomic E-state index is 13.0. The van der Waals surface area contributed by atoms with Crippen LogP contribution in [-0.4, -0.2) is 18.5 Å². The zero-order valence-electron chi connectivity index (χ0n) is 12.6. The Hall–Kier alpha value is -1.13. The van der Waals surface area contributed by atoms with Crippen molar-refractivity contribution < 1.29 is 34.8 Å². The van der Waals surface area contributed by atoms with Gasteiger partial charge in [0.05, 0.1) is 21.3 Å². The summed E-state index contributed by atoms with van der Waals surface area (Å²) < 4.78 is 101. The number of rotatable bonds is 2. The molecule has 2 rings (SSSR count). The molecule has 0 fully saturated rings. The average molecular weight is 550 g/mol. The lowest BCUT2D eigenvalue weighted by molar-refractivity contribution is -0.137. The van der Waals surface area contributed by atoms with E-state index >= 15 is 0 Å². The van der Waals surface area contributed by atoms with Gasteiger partial charge in [-0.3, -0.25) is 4.57 Å². The van der Waals surface area contributed by atoms with Crippen molar-refractivity contribution in [1.82, 2.24) is 4.57 Å². The van der Waals surface area contributed by atoms with Crippen molar-refractivity contribution in [1.29, 1.82) is 5.26 Å². The zero-order chi connectivity index (χ0) is 21.8. The van der Waals surface area contributed by atoms with Crippen molar-refractivity contribution in [2.24, 2.45) is 0 Å². The first-order valence-corrected chi connectivity index (χ1v) is 9.84. The Labute approximate surface area is 176 Å². The van der Waals surface area contributed by atoms with Crippen molar-refractivity contribution >= 4 is 60.6 Å². The second-order valence-corrected chi connectivity index (χ2v) is 8.77. The fourth-order valence-electron chi connectivity index (χ4n) is 2.09. The number of aromatic nitrogens is 1. The molecule has 0 saturated heterocycles. The summed E-state index contributed by atoms with van der Waals surface area (Å²) in [5.74, 6) is 0. The van der Waals surface area contributed by atoms with E-state index in [9.17, 15) is 34.8 Å². The minimum atomic E-state index is -6.06. The lowest BCUT2D eigenvalue weighted by atomic mass is 10.2. The molecule has 15 heteroatoms. The van der Waals surface area contributed by atoms with Gasteiger partial charge in [-0.15, -0.1) is 0 Å². The molecule has 0 unspecified atom stereocenters. The zero-order valence-corrected chi connectivity index (χ0v) is 17.2. The van der Waals surface area contributed by atoms with E-state index in [1.807, 2.05) is 0 Å². The smallest absolute Gasteiger partial charge is 0.289 e. The first-order valence-electron chi connectivity index (χ1n) is 6.43. The van der Waals surface area contributed by atoms with Crippen molar-refractivity contribution in [2.45, 2.75) is 16.6 Å². The summed E-state index contributed by atoms with van der Waals surface area (Å²) >= 11 is 20.0. The Kier molecular flexibility index (Phi) is 6.02. The van der Waals surface area contributed by atoms with Crippen LogP contribution < -0.4 is 0 Å². The number of alkyl halides is 6. The molecule has 0 spiro atoms. The number of nitrogens with zero attached hydrogens (tertiary/aromatic N) is 2. The molecule has 0 radical (unpaired) electrons. The third kappa shape index (κ3) is 3.70. The van der Waals surface area contributed by atoms with Crippen LogP contribution in [-0.2, 0) is 16.0 Å². The molecule has 0 saturated carbocycles. The first kappa shape index (κ1) is 23.2. The van der Waals surface area contributed by atoms with Gasteiger partial charge in [-0.25, -0.2) is 8.42 Å². The molecule has 4 nitrogen and oxygen atoms in total. The molecule has 152 valence electrons. The molecular weight excluding hydrogens is 548 g/mol. The van der Waals surface area contributed by atoms with Gasteiger partial charge in [-0.2, -0.15) is 31.6 Å². The van der Waals surface area contributed by atoms with Crippen molar-refractivity contribution in [3.8, 4) is 11.8 Å². The molecule has 1 aromatic heterocycles. The fraction of sp³-hybridized carbons (Fsp3) is 0.154. The van der Waals surface area contributed by atoms with E-state index in [2.05, 4.69) is 15.9 Å². The molecule has 1 aromatic carbocycles. The molecule has 28 heavy (non-hydrogen) atoms. The van der Waals surface area contributed by atoms with Crippen LogP contribution in [0.3, 0.4) is 0 Å². The van der Waals surface area contributed by atoms with Crippen LogP contribution in [0.2, 0.25) is 15.2 Å². The number of halogens is 10. The number of sulfone groups is 1. The molecule has 0 atom stereocenters. The highest BCUT2D eigenvalue weighted by Gasteiger charge is 2.51. The highest BCUT2D eigenvalue weighted by Crippen LogP contribution is 2.45. The molecule has 0 aliphatic rings. The summed E-state index contributed by atoms with van der Waals surface area (Å²) in [5, 5.41) is 6.81. The van der Waals surface area contributed by atoms with Crippen LogP contribution >= 0.6 is 50.7 Å². The molecule has 0 bridgehead atoms. The third-order valence-corrected chi connectivity index (χ3v) is 6.76. The standard InChI is InChI=1S/C13H2BrCl3F6N2O2S/c14-10-9(28(26,27)13(21,22)23)5(3-24)11(17)25(10)8-6(15)1-4(2-7(8)16)12(18,19)20/h1-2H. The van der Waals surface area contributed by atoms with Crippen LogP contribution in [0.1, 0.15) is 11.1 Å². The molecule has 2 aromatic rings. The van der Waals surface area contributed by atoms with Crippen LogP contribution in [0.15, 0.2) is 21.6 Å².